The van der Waals surface area contributed by atoms with Gasteiger partial charge in [-0.05, 0) is 105 Å². The molecule has 6 rings (SSSR count). The Kier molecular flexibility index (Phi) is 14.4. The van der Waals surface area contributed by atoms with Crippen molar-refractivity contribution in [2.75, 3.05) is 70.0 Å². The van der Waals surface area contributed by atoms with Crippen LogP contribution in [0.15, 0.2) is 36.4 Å². The maximum atomic E-state index is 14.2. The highest BCUT2D eigenvalue weighted by Gasteiger charge is 2.39. The minimum Gasteiger partial charge on any atom is -0.465 e. The number of nitrogens with zero attached hydrogens (tertiary/aromatic N) is 4. The summed E-state index contributed by atoms with van der Waals surface area (Å²) < 4.78 is 52.9. The number of hydrogen-bond acceptors (Lipinski definition) is 8. The average Bonchev–Trinajstić information content (AvgIpc) is 3.37. The third-order valence-corrected chi connectivity index (χ3v) is 12.4. The molecule has 4 amide bonds. The van der Waals surface area contributed by atoms with E-state index in [1.54, 1.807) is 9.80 Å². The van der Waals surface area contributed by atoms with Crippen molar-refractivity contribution in [2.24, 2.45) is 17.8 Å². The molecule has 16 heteroatoms. The summed E-state index contributed by atoms with van der Waals surface area (Å²) in [6, 6.07) is 9.52. The maximum absolute atomic E-state index is 14.2. The van der Waals surface area contributed by atoms with Crippen LogP contribution < -0.4 is 11.1 Å². The van der Waals surface area contributed by atoms with Crippen molar-refractivity contribution < 1.29 is 41.8 Å². The number of esters is 1. The molecule has 0 spiro atoms. The molecule has 0 radical (unpaired) electrons. The van der Waals surface area contributed by atoms with Gasteiger partial charge in [0.15, 0.2) is 6.10 Å². The highest BCUT2D eigenvalue weighted by Crippen LogP contribution is 2.39. The predicted octanol–water partition coefficient (Wildman–Crippen LogP) is 7.08. The van der Waals surface area contributed by atoms with E-state index in [1.807, 2.05) is 38.1 Å². The van der Waals surface area contributed by atoms with Crippen molar-refractivity contribution in [3.63, 3.8) is 0 Å². The summed E-state index contributed by atoms with van der Waals surface area (Å²) in [7, 11) is 0. The smallest absolute Gasteiger partial charge is 0.418 e. The summed E-state index contributed by atoms with van der Waals surface area (Å²) in [6.45, 7) is 8.84. The molecule has 0 bridgehead atoms. The molecular formula is C42H56ClF3N6O6. The Bertz CT molecular complexity index is 1770. The van der Waals surface area contributed by atoms with E-state index in [9.17, 15) is 32.3 Å². The molecular weight excluding hydrogens is 777 g/mol. The molecule has 0 saturated carbocycles. The van der Waals surface area contributed by atoms with Gasteiger partial charge in [0, 0.05) is 57.4 Å². The van der Waals surface area contributed by atoms with Crippen LogP contribution in [0.3, 0.4) is 0 Å². The molecule has 0 aromatic heterocycles. The lowest BCUT2D eigenvalue weighted by atomic mass is 9.78. The van der Waals surface area contributed by atoms with E-state index in [4.69, 9.17) is 26.8 Å². The van der Waals surface area contributed by atoms with Crippen LogP contribution in [-0.2, 0) is 38.1 Å². The summed E-state index contributed by atoms with van der Waals surface area (Å²) in [5, 5.41) is 2.69. The van der Waals surface area contributed by atoms with E-state index in [-0.39, 0.29) is 48.1 Å². The zero-order chi connectivity index (χ0) is 41.6. The van der Waals surface area contributed by atoms with Crippen LogP contribution in [0.1, 0.15) is 75.5 Å². The van der Waals surface area contributed by atoms with Crippen LogP contribution >= 0.6 is 11.6 Å². The van der Waals surface area contributed by atoms with Crippen LogP contribution in [0.2, 0.25) is 5.02 Å². The topological polar surface area (TPSA) is 138 Å². The molecule has 3 saturated heterocycles. The average molecular weight is 833 g/mol. The molecule has 4 aliphatic rings. The van der Waals surface area contributed by atoms with E-state index in [0.29, 0.717) is 76.2 Å². The van der Waals surface area contributed by atoms with Gasteiger partial charge in [-0.15, -0.1) is 0 Å². The Morgan fingerprint density at radius 2 is 1.55 bits per heavy atom. The molecule has 3 N–H and O–H groups in total. The zero-order valence-corrected chi connectivity index (χ0v) is 34.2. The second kappa shape index (κ2) is 19.2. The number of para-hydroxylation sites is 1. The first-order valence-electron chi connectivity index (χ1n) is 20.6. The fraction of sp³-hybridized carbons (Fsp3) is 0.619. The van der Waals surface area contributed by atoms with Crippen molar-refractivity contribution in [3.05, 3.63) is 58.1 Å². The van der Waals surface area contributed by atoms with E-state index >= 15 is 0 Å². The molecule has 4 heterocycles. The van der Waals surface area contributed by atoms with Gasteiger partial charge < -0.3 is 40.1 Å². The van der Waals surface area contributed by atoms with Gasteiger partial charge in [-0.1, -0.05) is 43.6 Å². The van der Waals surface area contributed by atoms with Gasteiger partial charge in [0.05, 0.1) is 29.3 Å². The normalized spacial score (nSPS) is 19.7. The van der Waals surface area contributed by atoms with Crippen LogP contribution in [0.25, 0.3) is 0 Å². The first kappa shape index (κ1) is 43.3. The molecule has 1 atom stereocenters. The number of alkyl halides is 3. The first-order valence-corrected chi connectivity index (χ1v) is 21.0. The quantitative estimate of drug-likeness (QED) is 0.181. The van der Waals surface area contributed by atoms with E-state index in [1.165, 1.54) is 11.0 Å². The Hall–Kier alpha value is -4.24. The van der Waals surface area contributed by atoms with Gasteiger partial charge >= 0.3 is 24.3 Å². The number of likely N-dealkylation sites (tertiary alicyclic amines) is 3. The van der Waals surface area contributed by atoms with Crippen molar-refractivity contribution in [2.45, 2.75) is 90.0 Å². The van der Waals surface area contributed by atoms with E-state index in [0.717, 1.165) is 56.1 Å². The van der Waals surface area contributed by atoms with Gasteiger partial charge in [0.1, 0.15) is 0 Å². The number of nitrogens with one attached hydrogen (secondary N) is 1. The number of piperidine rings is 3. The molecule has 2 aromatic carbocycles. The lowest BCUT2D eigenvalue weighted by Gasteiger charge is -2.41. The molecule has 0 aliphatic carbocycles. The van der Waals surface area contributed by atoms with Crippen LogP contribution in [0.5, 0.6) is 0 Å². The number of anilines is 2. The molecule has 58 heavy (non-hydrogen) atoms. The van der Waals surface area contributed by atoms with Gasteiger partial charge in [-0.25, -0.2) is 9.59 Å². The van der Waals surface area contributed by atoms with Crippen molar-refractivity contribution in [1.29, 1.82) is 0 Å². The number of fused-ring (bicyclic) bond motifs is 1. The number of urea groups is 1. The van der Waals surface area contributed by atoms with Crippen molar-refractivity contribution in [1.82, 2.24) is 19.6 Å². The van der Waals surface area contributed by atoms with E-state index in [2.05, 4.69) is 10.2 Å². The molecule has 3 fully saturated rings. The molecule has 2 aromatic rings. The SMILES string of the molecule is CC(C)COC(=O)CCN1CCC(C2CCN(C(=O)[C@@H](Cc3cc(Cl)c(N)c(C(F)(F)F)c3)OC(=O)N3CCC(N4CCc5ccccc5NC4=O)CC3)CC2)CC1. The lowest BCUT2D eigenvalue weighted by Crippen LogP contribution is -2.52. The number of rotatable bonds is 11. The summed E-state index contributed by atoms with van der Waals surface area (Å²) >= 11 is 6.15. The van der Waals surface area contributed by atoms with Crippen LogP contribution in [-0.4, -0.2) is 115 Å². The molecule has 12 nitrogen and oxygen atoms in total. The number of carbonyl (C=O) groups is 4. The largest absolute Gasteiger partial charge is 0.465 e. The minimum absolute atomic E-state index is 0.0689. The van der Waals surface area contributed by atoms with Gasteiger partial charge in [0.25, 0.3) is 5.91 Å². The monoisotopic (exact) mass is 832 g/mol. The van der Waals surface area contributed by atoms with Crippen LogP contribution in [0, 0.1) is 17.8 Å². The third-order valence-electron chi connectivity index (χ3n) is 12.1. The summed E-state index contributed by atoms with van der Waals surface area (Å²) in [5.74, 6) is 0.532. The number of ether oxygens (including phenoxy) is 2. The number of benzene rings is 2. The summed E-state index contributed by atoms with van der Waals surface area (Å²) in [6.07, 6.45) is -1.68. The Labute approximate surface area is 343 Å². The Morgan fingerprint density at radius 1 is 0.914 bits per heavy atom. The van der Waals surface area contributed by atoms with E-state index < -0.39 is 35.5 Å². The number of carbonyl (C=O) groups excluding carboxylic acids is 4. The van der Waals surface area contributed by atoms with Gasteiger partial charge in [-0.3, -0.25) is 9.59 Å². The first-order chi connectivity index (χ1) is 27.7. The highest BCUT2D eigenvalue weighted by molar-refractivity contribution is 6.33. The number of amides is 4. The summed E-state index contributed by atoms with van der Waals surface area (Å²) in [4.78, 5) is 60.3. The number of nitrogen functional groups attached to an aromatic ring is 1. The number of hydrogen-bond donors (Lipinski definition) is 2. The molecule has 4 aliphatic heterocycles. The standard InChI is InChI=1S/C42H56ClF3N6O6/c1-27(2)26-57-37(53)14-17-49-15-7-29(8-16-49)30-9-18-50(19-10-30)39(54)36(25-28-23-33(42(44,45)46)38(47)34(43)24-28)58-41(56)51-20-12-32(13-21-51)52-22-11-31-5-3-4-6-35(31)48-40(52)55/h3-6,23-24,27,29-30,32,36H,7-22,25-26,47H2,1-2H3,(H,48,55)/t36-/m1/s1. The minimum atomic E-state index is -4.78. The lowest BCUT2D eigenvalue weighted by molar-refractivity contribution is -0.145. The number of halogens is 4. The maximum Gasteiger partial charge on any atom is 0.418 e. The van der Waals surface area contributed by atoms with Crippen LogP contribution in [0.4, 0.5) is 34.1 Å². The predicted molar refractivity (Wildman–Crippen MR) is 214 cm³/mol. The molecule has 0 unspecified atom stereocenters. The fourth-order valence-corrected chi connectivity index (χ4v) is 8.98. The Balaban J connectivity index is 1.05. The third kappa shape index (κ3) is 11.1. The van der Waals surface area contributed by atoms with Crippen molar-refractivity contribution in [3.8, 4) is 0 Å². The second-order valence-electron chi connectivity index (χ2n) is 16.5. The second-order valence-corrected chi connectivity index (χ2v) is 16.9. The van der Waals surface area contributed by atoms with Gasteiger partial charge in [0.2, 0.25) is 0 Å². The fourth-order valence-electron chi connectivity index (χ4n) is 8.74. The molecule has 318 valence electrons. The number of nitrogens with two attached hydrogens (primary N) is 1. The van der Waals surface area contributed by atoms with Gasteiger partial charge in [-0.2, -0.15) is 13.2 Å². The summed E-state index contributed by atoms with van der Waals surface area (Å²) in [5.41, 5.74) is 5.87. The Morgan fingerprint density at radius 3 is 2.21 bits per heavy atom. The van der Waals surface area contributed by atoms with Crippen molar-refractivity contribution >= 4 is 47.0 Å². The zero-order valence-electron chi connectivity index (χ0n) is 33.4. The highest BCUT2D eigenvalue weighted by atomic mass is 35.5.